The summed E-state index contributed by atoms with van der Waals surface area (Å²) in [6.45, 7) is 0. The van der Waals surface area contributed by atoms with Crippen LogP contribution in [0, 0.1) is 5.92 Å². The number of alkyl halides is 2. The van der Waals surface area contributed by atoms with Gasteiger partial charge in [0.2, 0.25) is 6.43 Å². The molecule has 0 aromatic heterocycles. The highest BCUT2D eigenvalue weighted by Crippen LogP contribution is 2.28. The van der Waals surface area contributed by atoms with Crippen molar-refractivity contribution in [3.8, 4) is 0 Å². The van der Waals surface area contributed by atoms with Crippen LogP contribution in [0.1, 0.15) is 32.1 Å². The summed E-state index contributed by atoms with van der Waals surface area (Å²) in [6.07, 6.45) is 0.602. The number of aliphatic hydroxyl groups is 1. The highest BCUT2D eigenvalue weighted by molar-refractivity contribution is 4.74. The minimum Gasteiger partial charge on any atom is -0.393 e. The van der Waals surface area contributed by atoms with E-state index in [-0.39, 0.29) is 12.3 Å². The van der Waals surface area contributed by atoms with Crippen molar-refractivity contribution in [1.29, 1.82) is 0 Å². The van der Waals surface area contributed by atoms with Gasteiger partial charge in [0, 0.05) is 6.42 Å². The summed E-state index contributed by atoms with van der Waals surface area (Å²) < 4.78 is 23.8. The van der Waals surface area contributed by atoms with E-state index in [1.54, 1.807) is 0 Å². The predicted octanol–water partition coefficient (Wildman–Crippen LogP) is 2.19. The molecule has 0 amide bonds. The lowest BCUT2D eigenvalue weighted by molar-refractivity contribution is 0.0233. The third-order valence-electron chi connectivity index (χ3n) is 2.35. The van der Waals surface area contributed by atoms with Crippen LogP contribution in [0.15, 0.2) is 0 Å². The molecule has 0 radical (unpaired) electrons. The third-order valence-corrected chi connectivity index (χ3v) is 2.35. The molecule has 66 valence electrons. The van der Waals surface area contributed by atoms with Crippen molar-refractivity contribution < 1.29 is 13.9 Å². The first-order valence-electron chi connectivity index (χ1n) is 4.16. The Morgan fingerprint density at radius 1 is 1.27 bits per heavy atom. The maximum absolute atomic E-state index is 11.9. The highest BCUT2D eigenvalue weighted by Gasteiger charge is 2.25. The van der Waals surface area contributed by atoms with E-state index in [4.69, 9.17) is 0 Å². The predicted molar refractivity (Wildman–Crippen MR) is 38.6 cm³/mol. The lowest BCUT2D eigenvalue weighted by atomic mass is 9.84. The molecule has 0 heterocycles. The molecule has 1 rings (SSSR count). The fourth-order valence-electron chi connectivity index (χ4n) is 1.69. The molecule has 1 aliphatic rings. The summed E-state index contributed by atoms with van der Waals surface area (Å²) in [4.78, 5) is 0. The van der Waals surface area contributed by atoms with Crippen LogP contribution in [0.5, 0.6) is 0 Å². The van der Waals surface area contributed by atoms with Gasteiger partial charge in [-0.3, -0.25) is 0 Å². The molecule has 0 saturated heterocycles. The fraction of sp³-hybridized carbons (Fsp3) is 1.00. The van der Waals surface area contributed by atoms with Gasteiger partial charge < -0.3 is 5.11 Å². The Bertz CT molecular complexity index is 117. The van der Waals surface area contributed by atoms with Crippen LogP contribution in [0.4, 0.5) is 8.78 Å². The Hall–Kier alpha value is -0.180. The first-order chi connectivity index (χ1) is 5.20. The van der Waals surface area contributed by atoms with Gasteiger partial charge in [0.15, 0.2) is 0 Å². The Labute approximate surface area is 65.4 Å². The Balaban J connectivity index is 2.29. The zero-order valence-corrected chi connectivity index (χ0v) is 6.47. The zero-order valence-electron chi connectivity index (χ0n) is 6.47. The van der Waals surface area contributed by atoms with Crippen molar-refractivity contribution in [3.05, 3.63) is 0 Å². The first-order valence-corrected chi connectivity index (χ1v) is 4.16. The van der Waals surface area contributed by atoms with E-state index in [1.807, 2.05) is 0 Å². The van der Waals surface area contributed by atoms with Crippen LogP contribution in [-0.4, -0.2) is 17.6 Å². The van der Waals surface area contributed by atoms with Gasteiger partial charge in [0.05, 0.1) is 6.10 Å². The minimum atomic E-state index is -2.26. The molecule has 1 fully saturated rings. The molecule has 1 aliphatic carbocycles. The van der Waals surface area contributed by atoms with Crippen LogP contribution in [0.3, 0.4) is 0 Å². The Morgan fingerprint density at radius 2 is 1.91 bits per heavy atom. The van der Waals surface area contributed by atoms with Crippen molar-refractivity contribution in [2.24, 2.45) is 5.92 Å². The minimum absolute atomic E-state index is 0.124. The second kappa shape index (κ2) is 4.00. The van der Waals surface area contributed by atoms with Crippen molar-refractivity contribution in [2.75, 3.05) is 0 Å². The topological polar surface area (TPSA) is 20.2 Å². The van der Waals surface area contributed by atoms with Crippen LogP contribution >= 0.6 is 0 Å². The van der Waals surface area contributed by atoms with Gasteiger partial charge in [-0.15, -0.1) is 0 Å². The molecule has 11 heavy (non-hydrogen) atoms. The van der Waals surface area contributed by atoms with E-state index in [2.05, 4.69) is 0 Å². The van der Waals surface area contributed by atoms with Crippen molar-refractivity contribution in [2.45, 2.75) is 44.6 Å². The van der Waals surface area contributed by atoms with E-state index < -0.39 is 12.5 Å². The van der Waals surface area contributed by atoms with Gasteiger partial charge in [0.1, 0.15) is 0 Å². The molecule has 0 spiro atoms. The summed E-state index contributed by atoms with van der Waals surface area (Å²) >= 11 is 0. The maximum Gasteiger partial charge on any atom is 0.239 e. The van der Waals surface area contributed by atoms with Crippen LogP contribution < -0.4 is 0 Å². The van der Waals surface area contributed by atoms with Crippen molar-refractivity contribution in [3.63, 3.8) is 0 Å². The molecule has 2 atom stereocenters. The van der Waals surface area contributed by atoms with E-state index >= 15 is 0 Å². The van der Waals surface area contributed by atoms with Gasteiger partial charge in [-0.25, -0.2) is 8.78 Å². The van der Waals surface area contributed by atoms with Crippen LogP contribution in [0.2, 0.25) is 0 Å². The third kappa shape index (κ3) is 2.73. The molecule has 1 N–H and O–H groups in total. The van der Waals surface area contributed by atoms with Gasteiger partial charge in [-0.1, -0.05) is 12.8 Å². The summed E-state index contributed by atoms with van der Waals surface area (Å²) in [5.74, 6) is -0.149. The molecule has 2 unspecified atom stereocenters. The summed E-state index contributed by atoms with van der Waals surface area (Å²) in [5.41, 5.74) is 0. The fourth-order valence-corrected chi connectivity index (χ4v) is 1.69. The van der Waals surface area contributed by atoms with Crippen LogP contribution in [0.25, 0.3) is 0 Å². The molecule has 3 heteroatoms. The van der Waals surface area contributed by atoms with Gasteiger partial charge in [-0.2, -0.15) is 0 Å². The van der Waals surface area contributed by atoms with Gasteiger partial charge >= 0.3 is 0 Å². The van der Waals surface area contributed by atoms with E-state index in [9.17, 15) is 13.9 Å². The summed E-state index contributed by atoms with van der Waals surface area (Å²) in [7, 11) is 0. The standard InChI is InChI=1S/C8H14F2O/c9-8(10)5-6-3-1-2-4-7(6)11/h6-8,11H,1-5H2. The molecule has 0 bridgehead atoms. The largest absolute Gasteiger partial charge is 0.393 e. The quantitative estimate of drug-likeness (QED) is 0.663. The van der Waals surface area contributed by atoms with E-state index in [0.717, 1.165) is 19.3 Å². The molecule has 1 saturated carbocycles. The normalized spacial score (nSPS) is 32.7. The van der Waals surface area contributed by atoms with Crippen molar-refractivity contribution >= 4 is 0 Å². The van der Waals surface area contributed by atoms with Crippen molar-refractivity contribution in [1.82, 2.24) is 0 Å². The molecule has 0 aliphatic heterocycles. The SMILES string of the molecule is OC1CCCCC1CC(F)F. The Morgan fingerprint density at radius 3 is 2.45 bits per heavy atom. The molecular weight excluding hydrogens is 150 g/mol. The second-order valence-electron chi connectivity index (χ2n) is 3.24. The van der Waals surface area contributed by atoms with E-state index in [0.29, 0.717) is 6.42 Å². The lowest BCUT2D eigenvalue weighted by Crippen LogP contribution is -2.26. The maximum atomic E-state index is 11.9. The summed E-state index contributed by atoms with van der Waals surface area (Å²) in [6, 6.07) is 0. The van der Waals surface area contributed by atoms with Gasteiger partial charge in [0.25, 0.3) is 0 Å². The van der Waals surface area contributed by atoms with E-state index in [1.165, 1.54) is 0 Å². The molecule has 0 aromatic rings. The Kier molecular flexibility index (Phi) is 3.24. The number of hydrogen-bond donors (Lipinski definition) is 1. The number of hydrogen-bond acceptors (Lipinski definition) is 1. The number of rotatable bonds is 2. The highest BCUT2D eigenvalue weighted by atomic mass is 19.3. The average Bonchev–Trinajstić information content (AvgIpc) is 1.93. The molecule has 0 aromatic carbocycles. The molecular formula is C8H14F2O. The van der Waals surface area contributed by atoms with Gasteiger partial charge in [-0.05, 0) is 18.8 Å². The number of aliphatic hydroxyl groups excluding tert-OH is 1. The second-order valence-corrected chi connectivity index (χ2v) is 3.24. The van der Waals surface area contributed by atoms with Crippen LogP contribution in [-0.2, 0) is 0 Å². The summed E-state index contributed by atoms with van der Waals surface area (Å²) in [5, 5.41) is 9.28. The first kappa shape index (κ1) is 8.91. The average molecular weight is 164 g/mol. The smallest absolute Gasteiger partial charge is 0.239 e. The lowest BCUT2D eigenvalue weighted by Gasteiger charge is -2.26. The monoisotopic (exact) mass is 164 g/mol. The zero-order chi connectivity index (χ0) is 8.27. The number of halogens is 2. The molecule has 1 nitrogen and oxygen atoms in total.